The fourth-order valence-electron chi connectivity index (χ4n) is 1.93. The van der Waals surface area contributed by atoms with Crippen LogP contribution in [0.3, 0.4) is 0 Å². The van der Waals surface area contributed by atoms with Crippen LogP contribution in [0.2, 0.25) is 5.02 Å². The van der Waals surface area contributed by atoms with Gasteiger partial charge in [0.1, 0.15) is 11.9 Å². The van der Waals surface area contributed by atoms with Crippen molar-refractivity contribution in [3.05, 3.63) is 47.3 Å². The molecule has 0 aliphatic carbocycles. The van der Waals surface area contributed by atoms with Gasteiger partial charge in [-0.25, -0.2) is 0 Å². The highest BCUT2D eigenvalue weighted by Gasteiger charge is 2.19. The third-order valence-electron chi connectivity index (χ3n) is 3.22. The standard InChI is InChI=1S/C16H16ClN5OS/c1-4-7-22-11(3)20-21-16(22)24-10(2)15(23)19-13-6-5-12(9-18)14(17)8-13/h4-6,8,10H,1,7H2,2-3H3,(H,19,23)/t10-/m0/s1. The van der Waals surface area contributed by atoms with Gasteiger partial charge in [0.2, 0.25) is 5.91 Å². The Kier molecular flexibility index (Phi) is 6.01. The summed E-state index contributed by atoms with van der Waals surface area (Å²) in [5.41, 5.74) is 0.908. The number of anilines is 1. The summed E-state index contributed by atoms with van der Waals surface area (Å²) in [6, 6.07) is 6.74. The molecule has 1 aromatic carbocycles. The molecule has 1 atom stereocenters. The van der Waals surface area contributed by atoms with Gasteiger partial charge in [-0.1, -0.05) is 29.4 Å². The fraction of sp³-hybridized carbons (Fsp3) is 0.250. The molecule has 0 aliphatic heterocycles. The van der Waals surface area contributed by atoms with Gasteiger partial charge in [0.15, 0.2) is 5.16 Å². The zero-order valence-corrected chi connectivity index (χ0v) is 14.9. The number of aromatic nitrogens is 3. The van der Waals surface area contributed by atoms with Crippen LogP contribution >= 0.6 is 23.4 Å². The SMILES string of the molecule is C=CCn1c(C)nnc1S[C@@H](C)C(=O)Nc1ccc(C#N)c(Cl)c1. The number of nitrogens with one attached hydrogen (secondary N) is 1. The van der Waals surface area contributed by atoms with Crippen LogP contribution in [0.25, 0.3) is 0 Å². The minimum Gasteiger partial charge on any atom is -0.325 e. The number of hydrogen-bond acceptors (Lipinski definition) is 5. The van der Waals surface area contributed by atoms with Gasteiger partial charge in [0, 0.05) is 12.2 Å². The minimum atomic E-state index is -0.383. The average molecular weight is 362 g/mol. The molecule has 1 N–H and O–H groups in total. The van der Waals surface area contributed by atoms with Gasteiger partial charge < -0.3 is 9.88 Å². The number of hydrogen-bond donors (Lipinski definition) is 1. The topological polar surface area (TPSA) is 83.6 Å². The molecular weight excluding hydrogens is 346 g/mol. The quantitative estimate of drug-likeness (QED) is 0.629. The van der Waals surface area contributed by atoms with E-state index in [-0.39, 0.29) is 11.2 Å². The summed E-state index contributed by atoms with van der Waals surface area (Å²) >= 11 is 7.29. The highest BCUT2D eigenvalue weighted by Crippen LogP contribution is 2.25. The fourth-order valence-corrected chi connectivity index (χ4v) is 3.05. The first-order valence-corrected chi connectivity index (χ1v) is 8.40. The summed E-state index contributed by atoms with van der Waals surface area (Å²) in [7, 11) is 0. The van der Waals surface area contributed by atoms with E-state index in [4.69, 9.17) is 16.9 Å². The van der Waals surface area contributed by atoms with Gasteiger partial charge in [-0.2, -0.15) is 5.26 Å². The third kappa shape index (κ3) is 4.16. The van der Waals surface area contributed by atoms with Crippen LogP contribution in [0.5, 0.6) is 0 Å². The molecule has 0 saturated carbocycles. The number of benzene rings is 1. The van der Waals surface area contributed by atoms with E-state index in [0.29, 0.717) is 28.0 Å². The molecule has 0 saturated heterocycles. The average Bonchev–Trinajstić information content (AvgIpc) is 2.88. The third-order valence-corrected chi connectivity index (χ3v) is 4.62. The van der Waals surface area contributed by atoms with E-state index in [1.54, 1.807) is 31.2 Å². The Balaban J connectivity index is 2.06. The Morgan fingerprint density at radius 3 is 2.96 bits per heavy atom. The van der Waals surface area contributed by atoms with Gasteiger partial charge in [0.05, 0.1) is 15.8 Å². The Hall–Kier alpha value is -2.30. The molecule has 6 nitrogen and oxygen atoms in total. The van der Waals surface area contributed by atoms with Crippen molar-refractivity contribution in [3.8, 4) is 6.07 Å². The molecule has 8 heteroatoms. The first kappa shape index (κ1) is 18.0. The number of nitrogens with zero attached hydrogens (tertiary/aromatic N) is 4. The summed E-state index contributed by atoms with van der Waals surface area (Å²) in [5, 5.41) is 20.3. The lowest BCUT2D eigenvalue weighted by Gasteiger charge is -2.12. The van der Waals surface area contributed by atoms with Gasteiger partial charge in [0.25, 0.3) is 0 Å². The maximum Gasteiger partial charge on any atom is 0.237 e. The number of halogens is 1. The zero-order chi connectivity index (χ0) is 17.7. The molecule has 124 valence electrons. The van der Waals surface area contributed by atoms with E-state index in [0.717, 1.165) is 5.82 Å². The number of nitriles is 1. The van der Waals surface area contributed by atoms with Gasteiger partial charge in [-0.15, -0.1) is 16.8 Å². The van der Waals surface area contributed by atoms with Crippen LogP contribution < -0.4 is 5.32 Å². The van der Waals surface area contributed by atoms with Crippen LogP contribution in [0.4, 0.5) is 5.69 Å². The first-order chi connectivity index (χ1) is 11.5. The first-order valence-electron chi connectivity index (χ1n) is 7.14. The smallest absolute Gasteiger partial charge is 0.237 e. The van der Waals surface area contributed by atoms with E-state index in [1.165, 1.54) is 11.8 Å². The van der Waals surface area contributed by atoms with Crippen molar-refractivity contribution in [2.45, 2.75) is 30.8 Å². The molecule has 2 rings (SSSR count). The lowest BCUT2D eigenvalue weighted by atomic mass is 10.2. The van der Waals surface area contributed by atoms with Crippen molar-refractivity contribution in [2.75, 3.05) is 5.32 Å². The van der Waals surface area contributed by atoms with E-state index >= 15 is 0 Å². The molecule has 0 unspecified atom stereocenters. The number of aryl methyl sites for hydroxylation is 1. The molecule has 24 heavy (non-hydrogen) atoms. The van der Waals surface area contributed by atoms with E-state index in [1.807, 2.05) is 17.6 Å². The van der Waals surface area contributed by atoms with Crippen molar-refractivity contribution in [3.63, 3.8) is 0 Å². The summed E-state index contributed by atoms with van der Waals surface area (Å²) in [5.74, 6) is 0.579. The predicted octanol–water partition coefficient (Wildman–Crippen LogP) is 3.42. The van der Waals surface area contributed by atoms with Crippen molar-refractivity contribution < 1.29 is 4.79 Å². The zero-order valence-electron chi connectivity index (χ0n) is 13.3. The predicted molar refractivity (Wildman–Crippen MR) is 95.1 cm³/mol. The number of allylic oxidation sites excluding steroid dienone is 1. The number of amides is 1. The Morgan fingerprint density at radius 2 is 2.33 bits per heavy atom. The second-order valence-electron chi connectivity index (χ2n) is 4.98. The molecule has 0 radical (unpaired) electrons. The van der Waals surface area contributed by atoms with E-state index in [2.05, 4.69) is 22.1 Å². The Morgan fingerprint density at radius 1 is 1.58 bits per heavy atom. The maximum atomic E-state index is 12.3. The lowest BCUT2D eigenvalue weighted by Crippen LogP contribution is -2.23. The molecule has 1 amide bonds. The highest BCUT2D eigenvalue weighted by atomic mass is 35.5. The van der Waals surface area contributed by atoms with Crippen molar-refractivity contribution in [1.82, 2.24) is 14.8 Å². The summed E-state index contributed by atoms with van der Waals surface area (Å²) in [4.78, 5) is 12.3. The minimum absolute atomic E-state index is 0.188. The van der Waals surface area contributed by atoms with Crippen LogP contribution in [0.1, 0.15) is 18.3 Å². The number of thioether (sulfide) groups is 1. The normalized spacial score (nSPS) is 11.6. The van der Waals surface area contributed by atoms with Crippen LogP contribution in [0, 0.1) is 18.3 Å². The van der Waals surface area contributed by atoms with Gasteiger partial charge in [-0.3, -0.25) is 4.79 Å². The summed E-state index contributed by atoms with van der Waals surface area (Å²) < 4.78 is 1.89. The van der Waals surface area contributed by atoms with E-state index in [9.17, 15) is 4.79 Å². The maximum absolute atomic E-state index is 12.3. The molecule has 0 bridgehead atoms. The van der Waals surface area contributed by atoms with Crippen LogP contribution in [0.15, 0.2) is 36.0 Å². The molecule has 1 heterocycles. The van der Waals surface area contributed by atoms with Crippen LogP contribution in [-0.2, 0) is 11.3 Å². The van der Waals surface area contributed by atoms with E-state index < -0.39 is 0 Å². The molecule has 1 aromatic heterocycles. The Bertz CT molecular complexity index is 811. The van der Waals surface area contributed by atoms with Crippen molar-refractivity contribution >= 4 is 35.0 Å². The molecule has 0 spiro atoms. The number of carbonyl (C=O) groups is 1. The molecular formula is C16H16ClN5OS. The molecule has 2 aromatic rings. The lowest BCUT2D eigenvalue weighted by molar-refractivity contribution is -0.115. The summed E-state index contributed by atoms with van der Waals surface area (Å²) in [6.45, 7) is 7.93. The largest absolute Gasteiger partial charge is 0.325 e. The highest BCUT2D eigenvalue weighted by molar-refractivity contribution is 8.00. The number of rotatable bonds is 6. The monoisotopic (exact) mass is 361 g/mol. The van der Waals surface area contributed by atoms with Crippen LogP contribution in [-0.4, -0.2) is 25.9 Å². The second kappa shape index (κ2) is 7.99. The number of carbonyl (C=O) groups excluding carboxylic acids is 1. The van der Waals surface area contributed by atoms with Gasteiger partial charge >= 0.3 is 0 Å². The molecule has 0 fully saturated rings. The molecule has 0 aliphatic rings. The second-order valence-corrected chi connectivity index (χ2v) is 6.70. The Labute approximate surface area is 149 Å². The summed E-state index contributed by atoms with van der Waals surface area (Å²) in [6.07, 6.45) is 1.75. The van der Waals surface area contributed by atoms with Crippen molar-refractivity contribution in [2.24, 2.45) is 0 Å². The van der Waals surface area contributed by atoms with Gasteiger partial charge in [-0.05, 0) is 32.0 Å². The van der Waals surface area contributed by atoms with Crippen molar-refractivity contribution in [1.29, 1.82) is 5.26 Å².